The number of amides is 1. The molecule has 0 aromatic heterocycles. The van der Waals surface area contributed by atoms with Crippen molar-refractivity contribution in [3.05, 3.63) is 48.9 Å². The second kappa shape index (κ2) is 6.60. The molecular formula is C13H6Cl5NO3. The third-order valence-electron chi connectivity index (χ3n) is 2.65. The van der Waals surface area contributed by atoms with Crippen molar-refractivity contribution in [2.24, 2.45) is 0 Å². The van der Waals surface area contributed by atoms with E-state index in [4.69, 9.17) is 58.0 Å². The maximum absolute atomic E-state index is 12.3. The number of halogens is 5. The van der Waals surface area contributed by atoms with E-state index in [1.165, 1.54) is 18.2 Å². The molecule has 2 aromatic carbocycles. The average Bonchev–Trinajstić information content (AvgIpc) is 2.42. The minimum Gasteiger partial charge on any atom is -0.505 e. The summed E-state index contributed by atoms with van der Waals surface area (Å²) in [6.07, 6.45) is 0. The Morgan fingerprint density at radius 1 is 0.864 bits per heavy atom. The molecule has 3 N–H and O–H groups in total. The quantitative estimate of drug-likeness (QED) is 0.447. The summed E-state index contributed by atoms with van der Waals surface area (Å²) in [6.45, 7) is 0. The summed E-state index contributed by atoms with van der Waals surface area (Å²) in [7, 11) is 0. The van der Waals surface area contributed by atoms with Gasteiger partial charge in [0.25, 0.3) is 5.91 Å². The van der Waals surface area contributed by atoms with Gasteiger partial charge in [-0.25, -0.2) is 0 Å². The summed E-state index contributed by atoms with van der Waals surface area (Å²) in [6, 6.07) is 3.78. The maximum atomic E-state index is 12.3. The fourth-order valence-corrected chi connectivity index (χ4v) is 2.83. The maximum Gasteiger partial charge on any atom is 0.261 e. The first-order valence-corrected chi connectivity index (χ1v) is 7.47. The van der Waals surface area contributed by atoms with E-state index in [1.807, 2.05) is 0 Å². The van der Waals surface area contributed by atoms with Crippen molar-refractivity contribution in [1.82, 2.24) is 0 Å². The Hall–Kier alpha value is -1.04. The topological polar surface area (TPSA) is 69.6 Å². The second-order valence-electron chi connectivity index (χ2n) is 4.12. The fourth-order valence-electron chi connectivity index (χ4n) is 1.64. The molecule has 4 nitrogen and oxygen atoms in total. The highest BCUT2D eigenvalue weighted by atomic mass is 35.5. The highest BCUT2D eigenvalue weighted by Crippen LogP contribution is 2.40. The molecule has 0 heterocycles. The SMILES string of the molecule is O=C(Nc1cc(Cl)cc(Cl)c1O)[13c]1[13c](O)[13c](Cl)[13cH][13c](Cl)[13c]1Cl. The van der Waals surface area contributed by atoms with E-state index in [1.54, 1.807) is 0 Å². The minimum absolute atomic E-state index is 0.0111. The molecule has 0 spiro atoms. The van der Waals surface area contributed by atoms with Crippen LogP contribution < -0.4 is 5.32 Å². The van der Waals surface area contributed by atoms with Crippen molar-refractivity contribution in [3.8, 4) is 11.5 Å². The third-order valence-corrected chi connectivity index (χ3v) is 4.23. The van der Waals surface area contributed by atoms with Crippen LogP contribution in [0.25, 0.3) is 0 Å². The van der Waals surface area contributed by atoms with E-state index in [2.05, 4.69) is 5.32 Å². The Balaban J connectivity index is 2.47. The highest BCUT2D eigenvalue weighted by molar-refractivity contribution is 6.46. The molecule has 0 unspecified atom stereocenters. The lowest BCUT2D eigenvalue weighted by atomic mass is 10.3. The van der Waals surface area contributed by atoms with Crippen LogP contribution in [0.1, 0.15) is 10.4 Å². The molecule has 22 heavy (non-hydrogen) atoms. The number of anilines is 1. The summed E-state index contributed by atoms with van der Waals surface area (Å²) >= 11 is 29.0. The molecule has 0 aliphatic carbocycles. The Morgan fingerprint density at radius 2 is 1.45 bits per heavy atom. The Bertz CT molecular complexity index is 753. The van der Waals surface area contributed by atoms with Crippen molar-refractivity contribution in [3.63, 3.8) is 0 Å². The van der Waals surface area contributed by atoms with Crippen molar-refractivity contribution < 1.29 is 15.0 Å². The molecular weight excluding hydrogens is 401 g/mol. The Labute approximate surface area is 150 Å². The van der Waals surface area contributed by atoms with Gasteiger partial charge in [0.15, 0.2) is 5.75 Å². The zero-order valence-electron chi connectivity index (χ0n) is 10.4. The van der Waals surface area contributed by atoms with Crippen LogP contribution in [0, 0.1) is 0 Å². The van der Waals surface area contributed by atoms with E-state index >= 15 is 0 Å². The number of benzene rings is 2. The van der Waals surface area contributed by atoms with Crippen LogP contribution in [0.5, 0.6) is 11.5 Å². The first kappa shape index (κ1) is 17.3. The molecule has 0 fully saturated rings. The minimum atomic E-state index is -0.847. The first-order valence-electron chi connectivity index (χ1n) is 5.58. The molecule has 0 radical (unpaired) electrons. The number of phenolic OH excluding ortho intramolecular Hbond substituents is 2. The van der Waals surface area contributed by atoms with E-state index < -0.39 is 11.7 Å². The number of nitrogens with one attached hydrogen (secondary N) is 1. The van der Waals surface area contributed by atoms with Gasteiger partial charge >= 0.3 is 0 Å². The van der Waals surface area contributed by atoms with Crippen LogP contribution in [0.3, 0.4) is 0 Å². The fraction of sp³-hybridized carbons (Fsp3) is 0. The molecule has 0 bridgehead atoms. The zero-order valence-corrected chi connectivity index (χ0v) is 14.2. The van der Waals surface area contributed by atoms with Crippen LogP contribution >= 0.6 is 58.0 Å². The van der Waals surface area contributed by atoms with Gasteiger partial charge in [0.1, 0.15) is 11.3 Å². The number of hydrogen-bond donors (Lipinski definition) is 3. The van der Waals surface area contributed by atoms with Crippen molar-refractivity contribution >= 4 is 69.6 Å². The monoisotopic (exact) mass is 405 g/mol. The van der Waals surface area contributed by atoms with E-state index in [9.17, 15) is 15.0 Å². The van der Waals surface area contributed by atoms with Gasteiger partial charge in [-0.15, -0.1) is 0 Å². The molecule has 2 rings (SSSR count). The van der Waals surface area contributed by atoms with Crippen LogP contribution in [-0.2, 0) is 0 Å². The van der Waals surface area contributed by atoms with Gasteiger partial charge in [-0.1, -0.05) is 58.0 Å². The second-order valence-corrected chi connectivity index (χ2v) is 6.15. The van der Waals surface area contributed by atoms with Gasteiger partial charge < -0.3 is 15.5 Å². The van der Waals surface area contributed by atoms with Crippen LogP contribution in [-0.4, -0.2) is 16.1 Å². The number of rotatable bonds is 2. The van der Waals surface area contributed by atoms with Crippen LogP contribution in [0.4, 0.5) is 5.69 Å². The molecule has 0 aliphatic heterocycles. The predicted octanol–water partition coefficient (Wildman–Crippen LogP) is 5.62. The van der Waals surface area contributed by atoms with Crippen molar-refractivity contribution in [1.29, 1.82) is 0 Å². The summed E-state index contributed by atoms with van der Waals surface area (Å²) in [5.74, 6) is -1.77. The predicted molar refractivity (Wildman–Crippen MR) is 89.2 cm³/mol. The summed E-state index contributed by atoms with van der Waals surface area (Å²) in [4.78, 5) is 12.3. The average molecular weight is 407 g/mol. The van der Waals surface area contributed by atoms with Gasteiger partial charge in [0.2, 0.25) is 0 Å². The number of aromatic hydroxyl groups is 2. The van der Waals surface area contributed by atoms with Crippen LogP contribution in [0.15, 0.2) is 18.2 Å². The number of carbonyl (C=O) groups excluding carboxylic acids is 1. The van der Waals surface area contributed by atoms with Gasteiger partial charge in [-0.2, -0.15) is 0 Å². The van der Waals surface area contributed by atoms with Gasteiger partial charge in [0.05, 0.1) is 25.8 Å². The number of phenols is 2. The Kier molecular flexibility index (Phi) is 5.20. The molecule has 0 saturated heterocycles. The standard InChI is InChI=1S/C13H6Cl5NO3/c14-4-1-6(16)11(20)8(2-4)19-13(22)9-10(18)5(15)3-7(17)12(9)21/h1-3,20-21H,(H,19,22)/i3+1,5+1,7+1,9+1,10+1,12+1. The van der Waals surface area contributed by atoms with Crippen molar-refractivity contribution in [2.45, 2.75) is 0 Å². The lowest BCUT2D eigenvalue weighted by Crippen LogP contribution is -2.13. The normalized spacial score (nSPS) is 10.6. The summed E-state index contributed by atoms with van der Waals surface area (Å²) in [5.41, 5.74) is -0.399. The van der Waals surface area contributed by atoms with Crippen molar-refractivity contribution in [2.75, 3.05) is 5.32 Å². The summed E-state index contributed by atoms with van der Waals surface area (Å²) < 4.78 is 0. The Morgan fingerprint density at radius 3 is 2.09 bits per heavy atom. The molecule has 2 aromatic rings. The molecule has 9 heteroatoms. The van der Waals surface area contributed by atoms with Gasteiger partial charge in [-0.3, -0.25) is 4.79 Å². The van der Waals surface area contributed by atoms with E-state index in [0.717, 1.165) is 0 Å². The molecule has 0 atom stereocenters. The molecule has 116 valence electrons. The molecule has 0 saturated carbocycles. The molecule has 1 amide bonds. The zero-order chi connectivity index (χ0) is 16.6. The van der Waals surface area contributed by atoms with Crippen LogP contribution in [0.2, 0.25) is 25.1 Å². The van der Waals surface area contributed by atoms with Gasteiger partial charge in [-0.05, 0) is 18.2 Å². The summed E-state index contributed by atoms with van der Waals surface area (Å²) in [5, 5.41) is 21.8. The highest BCUT2D eigenvalue weighted by Gasteiger charge is 2.22. The molecule has 0 aliphatic rings. The lowest BCUT2D eigenvalue weighted by Gasteiger charge is -2.12. The first-order chi connectivity index (χ1) is 10.2. The van der Waals surface area contributed by atoms with E-state index in [-0.39, 0.29) is 42.1 Å². The number of hydrogen-bond acceptors (Lipinski definition) is 3. The third kappa shape index (κ3) is 3.31. The smallest absolute Gasteiger partial charge is 0.261 e. The lowest BCUT2D eigenvalue weighted by molar-refractivity contribution is 0.102. The van der Waals surface area contributed by atoms with E-state index in [0.29, 0.717) is 0 Å². The number of carbonyl (C=O) groups is 1. The van der Waals surface area contributed by atoms with Gasteiger partial charge in [0, 0.05) is 5.02 Å². The largest absolute Gasteiger partial charge is 0.505 e.